The summed E-state index contributed by atoms with van der Waals surface area (Å²) in [6.07, 6.45) is -1.20. The van der Waals surface area contributed by atoms with Crippen molar-refractivity contribution in [3.63, 3.8) is 0 Å². The summed E-state index contributed by atoms with van der Waals surface area (Å²) in [7, 11) is 1.57. The molecule has 0 unspecified atom stereocenters. The Bertz CT molecular complexity index is 1250. The number of hydrogen-bond acceptors (Lipinski definition) is 3. The number of halogens is 3. The quantitative estimate of drug-likeness (QED) is 0.452. The zero-order valence-corrected chi connectivity index (χ0v) is 16.4. The number of nitrogens with zero attached hydrogens (tertiary/aromatic N) is 1. The van der Waals surface area contributed by atoms with Crippen LogP contribution in [0.25, 0.3) is 33.5 Å². The second kappa shape index (κ2) is 8.10. The molecular formula is C24H17F3N2O2. The Morgan fingerprint density at radius 1 is 0.806 bits per heavy atom. The molecule has 7 heteroatoms. The third-order valence-electron chi connectivity index (χ3n) is 4.93. The number of aromatic amines is 1. The second-order valence-electron chi connectivity index (χ2n) is 6.84. The number of rotatable bonds is 4. The lowest BCUT2D eigenvalue weighted by molar-refractivity contribution is -0.137. The summed E-state index contributed by atoms with van der Waals surface area (Å²) in [6.45, 7) is 0. The zero-order valence-electron chi connectivity index (χ0n) is 16.4. The van der Waals surface area contributed by atoms with Crippen LogP contribution in [0, 0.1) is 0 Å². The van der Waals surface area contributed by atoms with Gasteiger partial charge < -0.3 is 9.72 Å². The molecule has 31 heavy (non-hydrogen) atoms. The van der Waals surface area contributed by atoms with E-state index in [2.05, 4.69) is 9.97 Å². The summed E-state index contributed by atoms with van der Waals surface area (Å²) in [6, 6.07) is 17.1. The molecule has 0 radical (unpaired) electrons. The number of benzene rings is 2. The summed E-state index contributed by atoms with van der Waals surface area (Å²) in [4.78, 5) is 19.8. The van der Waals surface area contributed by atoms with Crippen molar-refractivity contribution in [1.82, 2.24) is 9.97 Å². The highest BCUT2D eigenvalue weighted by Crippen LogP contribution is 2.34. The summed E-state index contributed by atoms with van der Waals surface area (Å²) in [5.41, 5.74) is 2.40. The standard InChI is InChI=1S/C24H17F3N2O2/c1-31-19-8-4-15(5-9-19)20-14-21(16-2-6-18(7-3-16)24(25,26)27)23(30)29-22(20)17-10-12-28-13-11-17/h2-14H,1H3,(H,29,30). The van der Waals surface area contributed by atoms with Gasteiger partial charge in [-0.25, -0.2) is 0 Å². The van der Waals surface area contributed by atoms with E-state index >= 15 is 0 Å². The monoisotopic (exact) mass is 422 g/mol. The number of alkyl halides is 3. The van der Waals surface area contributed by atoms with E-state index in [4.69, 9.17) is 4.74 Å². The lowest BCUT2D eigenvalue weighted by atomic mass is 9.95. The molecule has 4 aromatic rings. The Morgan fingerprint density at radius 3 is 1.97 bits per heavy atom. The molecule has 0 aliphatic carbocycles. The summed E-state index contributed by atoms with van der Waals surface area (Å²) >= 11 is 0. The summed E-state index contributed by atoms with van der Waals surface area (Å²) in [5, 5.41) is 0. The molecule has 0 fully saturated rings. The third-order valence-corrected chi connectivity index (χ3v) is 4.93. The minimum Gasteiger partial charge on any atom is -0.497 e. The molecule has 0 saturated heterocycles. The van der Waals surface area contributed by atoms with Crippen LogP contribution in [0.2, 0.25) is 0 Å². The van der Waals surface area contributed by atoms with E-state index in [1.807, 2.05) is 12.1 Å². The predicted molar refractivity (Wildman–Crippen MR) is 113 cm³/mol. The Kier molecular flexibility index (Phi) is 5.33. The molecule has 0 aliphatic heterocycles. The second-order valence-corrected chi connectivity index (χ2v) is 6.84. The SMILES string of the molecule is COc1ccc(-c2cc(-c3ccc(C(F)(F)F)cc3)c(=O)[nH]c2-c2ccncc2)cc1. The molecular weight excluding hydrogens is 405 g/mol. The topological polar surface area (TPSA) is 55.0 Å². The molecule has 156 valence electrons. The highest BCUT2D eigenvalue weighted by molar-refractivity contribution is 5.84. The molecule has 4 rings (SSSR count). The van der Waals surface area contributed by atoms with Crippen LogP contribution in [0.3, 0.4) is 0 Å². The van der Waals surface area contributed by atoms with Crippen molar-refractivity contribution in [1.29, 1.82) is 0 Å². The maximum Gasteiger partial charge on any atom is 0.416 e. The molecule has 0 bridgehead atoms. The van der Waals surface area contributed by atoms with Crippen LogP contribution in [-0.2, 0) is 6.18 Å². The van der Waals surface area contributed by atoms with Gasteiger partial charge in [0.1, 0.15) is 5.75 Å². The smallest absolute Gasteiger partial charge is 0.416 e. The van der Waals surface area contributed by atoms with Gasteiger partial charge in [-0.15, -0.1) is 0 Å². The molecule has 0 atom stereocenters. The first kappa shape index (κ1) is 20.4. The maximum atomic E-state index is 12.9. The molecule has 0 aliphatic rings. The highest BCUT2D eigenvalue weighted by Gasteiger charge is 2.30. The van der Waals surface area contributed by atoms with E-state index in [0.717, 1.165) is 28.8 Å². The number of ether oxygens (including phenoxy) is 1. The fourth-order valence-electron chi connectivity index (χ4n) is 3.33. The highest BCUT2D eigenvalue weighted by atomic mass is 19.4. The van der Waals surface area contributed by atoms with Crippen LogP contribution in [0.5, 0.6) is 5.75 Å². The van der Waals surface area contributed by atoms with E-state index in [1.165, 1.54) is 12.1 Å². The van der Waals surface area contributed by atoms with Crippen LogP contribution in [0.4, 0.5) is 13.2 Å². The molecule has 1 N–H and O–H groups in total. The van der Waals surface area contributed by atoms with Crippen molar-refractivity contribution in [2.75, 3.05) is 7.11 Å². The minimum absolute atomic E-state index is 0.275. The van der Waals surface area contributed by atoms with E-state index < -0.39 is 17.3 Å². The van der Waals surface area contributed by atoms with Crippen molar-refractivity contribution in [2.24, 2.45) is 0 Å². The third kappa shape index (κ3) is 4.21. The Balaban J connectivity index is 1.89. The van der Waals surface area contributed by atoms with E-state index in [-0.39, 0.29) is 5.56 Å². The van der Waals surface area contributed by atoms with Crippen LogP contribution < -0.4 is 10.3 Å². The first-order valence-corrected chi connectivity index (χ1v) is 9.36. The summed E-state index contributed by atoms with van der Waals surface area (Å²) in [5.74, 6) is 0.682. The van der Waals surface area contributed by atoms with Gasteiger partial charge in [-0.3, -0.25) is 9.78 Å². The van der Waals surface area contributed by atoms with E-state index in [9.17, 15) is 18.0 Å². The molecule has 0 amide bonds. The molecule has 0 saturated carbocycles. The van der Waals surface area contributed by atoms with Crippen LogP contribution in [-0.4, -0.2) is 17.1 Å². The fraction of sp³-hybridized carbons (Fsp3) is 0.0833. The van der Waals surface area contributed by atoms with Crippen molar-refractivity contribution >= 4 is 0 Å². The molecule has 2 aromatic carbocycles. The zero-order chi connectivity index (χ0) is 22.0. The summed E-state index contributed by atoms with van der Waals surface area (Å²) < 4.78 is 43.9. The lowest BCUT2D eigenvalue weighted by Gasteiger charge is -2.13. The maximum absolute atomic E-state index is 12.9. The van der Waals surface area contributed by atoms with Gasteiger partial charge in [0, 0.05) is 29.1 Å². The van der Waals surface area contributed by atoms with Gasteiger partial charge in [-0.2, -0.15) is 13.2 Å². The van der Waals surface area contributed by atoms with Crippen LogP contribution in [0.1, 0.15) is 5.56 Å². The van der Waals surface area contributed by atoms with Crippen LogP contribution >= 0.6 is 0 Å². The average Bonchev–Trinajstić information content (AvgIpc) is 2.79. The van der Waals surface area contributed by atoms with Crippen molar-refractivity contribution in [2.45, 2.75) is 6.18 Å². The molecule has 4 nitrogen and oxygen atoms in total. The Hall–Kier alpha value is -3.87. The average molecular weight is 422 g/mol. The van der Waals surface area contributed by atoms with Crippen molar-refractivity contribution in [3.8, 4) is 39.3 Å². The van der Waals surface area contributed by atoms with Gasteiger partial charge in [0.05, 0.1) is 18.4 Å². The predicted octanol–water partition coefficient (Wildman–Crippen LogP) is 5.80. The largest absolute Gasteiger partial charge is 0.497 e. The molecule has 0 spiro atoms. The van der Waals surface area contributed by atoms with E-state index in [0.29, 0.717) is 17.0 Å². The van der Waals surface area contributed by atoms with Gasteiger partial charge in [-0.05, 0) is 53.6 Å². The molecule has 2 heterocycles. The van der Waals surface area contributed by atoms with Gasteiger partial charge in [-0.1, -0.05) is 24.3 Å². The minimum atomic E-state index is -4.44. The number of hydrogen-bond donors (Lipinski definition) is 1. The number of methoxy groups -OCH3 is 1. The fourth-order valence-corrected chi connectivity index (χ4v) is 3.33. The van der Waals surface area contributed by atoms with Crippen LogP contribution in [0.15, 0.2) is 83.9 Å². The van der Waals surface area contributed by atoms with Crippen molar-refractivity contribution < 1.29 is 17.9 Å². The van der Waals surface area contributed by atoms with Gasteiger partial charge in [0.2, 0.25) is 0 Å². The van der Waals surface area contributed by atoms with E-state index in [1.54, 1.807) is 49.8 Å². The normalized spacial score (nSPS) is 11.4. The Morgan fingerprint density at radius 2 is 1.39 bits per heavy atom. The van der Waals surface area contributed by atoms with Gasteiger partial charge in [0.15, 0.2) is 0 Å². The lowest BCUT2D eigenvalue weighted by Crippen LogP contribution is -2.11. The number of nitrogens with one attached hydrogen (secondary N) is 1. The number of aromatic nitrogens is 2. The van der Waals surface area contributed by atoms with Gasteiger partial charge in [0.25, 0.3) is 5.56 Å². The number of H-pyrrole nitrogens is 1. The van der Waals surface area contributed by atoms with Gasteiger partial charge >= 0.3 is 6.18 Å². The Labute approximate surface area is 176 Å². The first-order valence-electron chi connectivity index (χ1n) is 9.36. The van der Waals surface area contributed by atoms with Crippen molar-refractivity contribution in [3.05, 3.63) is 95.0 Å². The first-order chi connectivity index (χ1) is 14.9. The number of pyridine rings is 2. The molecule has 2 aromatic heterocycles.